The predicted molar refractivity (Wildman–Crippen MR) is 443 cm³/mol. The van der Waals surface area contributed by atoms with Crippen molar-refractivity contribution in [2.24, 2.45) is 29.6 Å². The number of rotatable bonds is 42. The van der Waals surface area contributed by atoms with Gasteiger partial charge in [0.2, 0.25) is 47.3 Å². The van der Waals surface area contributed by atoms with Crippen LogP contribution in [0.5, 0.6) is 0 Å². The normalized spacial score (nSPS) is 15.8. The standard InChI is InChI=1S/C82H143N15O20/c1-34-46(16)57(86-52(98)39-83-72(107)60(49(19)37-4)97(77(112)117-79(24,25)26)75(110)63(82(31,115)38-5)95-76(111)116-78(21,22)23)70(105)90-56(45(14)15)68(103)91-59(48(18)36-3)71(106)93-62(81(29,30)114)74(109)94-61(80(27,28)113)73(108)92-58(47(17)35-2)69(104)84-50(20)64(99)87-54(43(10)11)66(101)89-55(44(12)13)67(102)88-53(42(8)9)65(100)85-51(41(6)7)40-96(32)33/h41,43-45,48,50-51,54-56,59,61-63,113-115H,34-40H2,1-33H3,(H,83,107)(H,84,104)(H,85,100)(H,86,98)(H,87,99)(H,88,102)(H,89,101)(H,90,105)(H,91,103)(H,92,108)(H,93,106)(H,94,109)(H,95,111)/b57-46+,58-47-,60-49-/t48-,50+,51+,54-,55+,56+,59+,61-,62+,63+,82+/m0/s1. The number of nitrogens with zero attached hydrogens (tertiary/aromatic N) is 2. The molecule has 0 radical (unpaired) electrons. The summed E-state index contributed by atoms with van der Waals surface area (Å²) in [6.07, 6.45) is -2.11. The highest BCUT2D eigenvalue weighted by atomic mass is 16.6. The maximum Gasteiger partial charge on any atom is 0.421 e. The minimum absolute atomic E-state index is 0.0103. The van der Waals surface area contributed by atoms with Gasteiger partial charge in [-0.2, -0.15) is 0 Å². The van der Waals surface area contributed by atoms with Crippen LogP contribution in [-0.2, 0) is 71.8 Å². The molecule has 0 heterocycles. The highest BCUT2D eigenvalue weighted by Gasteiger charge is 2.48. The van der Waals surface area contributed by atoms with Crippen LogP contribution in [0, 0.1) is 29.6 Å². The number of amides is 15. The van der Waals surface area contributed by atoms with Crippen molar-refractivity contribution < 1.29 is 96.7 Å². The van der Waals surface area contributed by atoms with Crippen molar-refractivity contribution >= 4 is 89.0 Å². The lowest BCUT2D eigenvalue weighted by molar-refractivity contribution is -0.142. The van der Waals surface area contributed by atoms with Gasteiger partial charge in [-0.3, -0.25) is 62.3 Å². The number of carbonyl (C=O) groups excluding carboxylic acids is 15. The third-order valence-electron chi connectivity index (χ3n) is 19.1. The van der Waals surface area contributed by atoms with E-state index in [-0.39, 0.29) is 72.2 Å². The molecule has 0 bridgehead atoms. The number of imide groups is 1. The molecule has 117 heavy (non-hydrogen) atoms. The molecule has 666 valence electrons. The average molecular weight is 1660 g/mol. The van der Waals surface area contributed by atoms with E-state index in [4.69, 9.17) is 9.47 Å². The summed E-state index contributed by atoms with van der Waals surface area (Å²) in [5.74, 6) is -15.2. The van der Waals surface area contributed by atoms with Crippen LogP contribution < -0.4 is 69.1 Å². The lowest BCUT2D eigenvalue weighted by Gasteiger charge is -2.36. The van der Waals surface area contributed by atoms with E-state index in [1.165, 1.54) is 62.3 Å². The van der Waals surface area contributed by atoms with Crippen molar-refractivity contribution in [2.45, 2.75) is 329 Å². The zero-order chi connectivity index (χ0) is 91.6. The van der Waals surface area contributed by atoms with Gasteiger partial charge in [-0.05, 0) is 209 Å². The Kier molecular flexibility index (Phi) is 43.0. The highest BCUT2D eigenvalue weighted by Crippen LogP contribution is 2.26. The van der Waals surface area contributed by atoms with Gasteiger partial charge >= 0.3 is 12.2 Å². The Labute approximate surface area is 692 Å². The summed E-state index contributed by atoms with van der Waals surface area (Å²) in [5.41, 5.74) is -8.92. The molecule has 0 aromatic rings. The lowest BCUT2D eigenvalue weighted by atomic mass is 9.92. The monoisotopic (exact) mass is 1660 g/mol. The molecule has 0 saturated heterocycles. The summed E-state index contributed by atoms with van der Waals surface area (Å²) >= 11 is 0. The van der Waals surface area contributed by atoms with Gasteiger partial charge in [0.25, 0.3) is 29.5 Å². The van der Waals surface area contributed by atoms with Crippen molar-refractivity contribution in [1.29, 1.82) is 0 Å². The van der Waals surface area contributed by atoms with Crippen LogP contribution in [-0.4, -0.2) is 224 Å². The molecule has 15 amide bonds. The first-order valence-corrected chi connectivity index (χ1v) is 40.1. The average Bonchev–Trinajstić information content (AvgIpc) is 0.787. The van der Waals surface area contributed by atoms with Crippen molar-refractivity contribution in [3.05, 3.63) is 45.1 Å². The third-order valence-corrected chi connectivity index (χ3v) is 19.1. The Balaban J connectivity index is 7.07. The van der Waals surface area contributed by atoms with E-state index >= 15 is 0 Å². The Morgan fingerprint density at radius 3 is 1.22 bits per heavy atom. The molecule has 0 spiro atoms. The molecule has 0 aliphatic heterocycles. The third kappa shape index (κ3) is 35.0. The van der Waals surface area contributed by atoms with Crippen LogP contribution in [0.15, 0.2) is 45.1 Å². The van der Waals surface area contributed by atoms with Gasteiger partial charge in [0.1, 0.15) is 82.3 Å². The Hall–Kier alpha value is -9.35. The van der Waals surface area contributed by atoms with Gasteiger partial charge in [-0.15, -0.1) is 0 Å². The molecule has 35 nitrogen and oxygen atoms in total. The Morgan fingerprint density at radius 1 is 0.402 bits per heavy atom. The van der Waals surface area contributed by atoms with Crippen molar-refractivity contribution in [3.8, 4) is 0 Å². The van der Waals surface area contributed by atoms with Gasteiger partial charge in [-0.1, -0.05) is 103 Å². The molecule has 0 unspecified atom stereocenters. The molecule has 0 aliphatic carbocycles. The quantitative estimate of drug-likeness (QED) is 0.0379. The summed E-state index contributed by atoms with van der Waals surface area (Å²) in [6, 6.07) is -12.9. The van der Waals surface area contributed by atoms with Crippen molar-refractivity contribution in [3.63, 3.8) is 0 Å². The molecule has 0 saturated carbocycles. The number of allylic oxidation sites excluding steroid dienone is 4. The minimum Gasteiger partial charge on any atom is -0.444 e. The van der Waals surface area contributed by atoms with E-state index in [0.29, 0.717) is 17.0 Å². The predicted octanol–water partition coefficient (Wildman–Crippen LogP) is 4.29. The SMILES string of the molecule is CC/C(C)=C(\NC(=O)[C@H](NC(=O)[C@@H](NC(=O)[C@H](NC(=O)[C@H](NC(=O)/C(NC(=O)CNC(=O)/C(=C(\C)CC)N(C(=O)OC(C)(C)C)C(=O)[C@@H](NC(=O)OC(C)(C)C)[C@](C)(O)CC)=C(/C)CC)C(C)C)[C@@H](C)CC)C(C)(C)O)C(C)(C)O)C(=O)N[C@H](C)C(=O)N[C@H](C(=O)N[C@@H](C(=O)NC(C(=O)N[C@H](CN(C)C)C(C)C)=C(C)C)C(C)C)C(C)C. The molecule has 35 heteroatoms. The minimum atomic E-state index is -2.17. The van der Waals surface area contributed by atoms with Gasteiger partial charge in [0, 0.05) is 12.6 Å². The van der Waals surface area contributed by atoms with Gasteiger partial charge in [-0.25, -0.2) is 14.5 Å². The summed E-state index contributed by atoms with van der Waals surface area (Å²) in [7, 11) is 3.75. The van der Waals surface area contributed by atoms with Crippen molar-refractivity contribution in [2.75, 3.05) is 27.2 Å². The van der Waals surface area contributed by atoms with E-state index in [1.807, 2.05) is 32.8 Å². The first kappa shape index (κ1) is 108. The molecule has 0 aliphatic rings. The highest BCUT2D eigenvalue weighted by molar-refractivity contribution is 6.09. The van der Waals surface area contributed by atoms with Gasteiger partial charge in [0.05, 0.1) is 23.3 Å². The second-order valence-electron chi connectivity index (χ2n) is 35.0. The first-order valence-electron chi connectivity index (χ1n) is 40.1. The number of likely N-dealkylation sites (N-methyl/N-ethyl adjacent to an activating group) is 1. The maximum atomic E-state index is 14.8. The number of ether oxygens (including phenoxy) is 2. The zero-order valence-electron chi connectivity index (χ0n) is 75.7. The summed E-state index contributed by atoms with van der Waals surface area (Å²) < 4.78 is 11.0. The molecular formula is C82H143N15O20. The number of aliphatic hydroxyl groups is 3. The van der Waals surface area contributed by atoms with E-state index in [2.05, 4.69) is 69.1 Å². The summed E-state index contributed by atoms with van der Waals surface area (Å²) in [5, 5.41) is 68.1. The lowest BCUT2D eigenvalue weighted by Crippen LogP contribution is -2.66. The molecular weight excluding hydrogens is 1510 g/mol. The fourth-order valence-corrected chi connectivity index (χ4v) is 11.1. The zero-order valence-corrected chi connectivity index (χ0v) is 75.7. The van der Waals surface area contributed by atoms with Crippen molar-refractivity contribution in [1.82, 2.24) is 78.9 Å². The molecule has 0 fully saturated rings. The number of nitrogens with one attached hydrogen (secondary N) is 13. The second-order valence-corrected chi connectivity index (χ2v) is 35.0. The number of hydrogen-bond donors (Lipinski definition) is 16. The van der Waals surface area contributed by atoms with Crippen LogP contribution in [0.4, 0.5) is 9.59 Å². The summed E-state index contributed by atoms with van der Waals surface area (Å²) in [4.78, 5) is 215. The van der Waals surface area contributed by atoms with Crippen LogP contribution in [0.1, 0.15) is 247 Å². The summed E-state index contributed by atoms with van der Waals surface area (Å²) in [6.45, 7) is 47.2. The topological polar surface area (TPSA) is 498 Å². The number of carbonyl (C=O) groups is 15. The van der Waals surface area contributed by atoms with Crippen LogP contribution in [0.2, 0.25) is 0 Å². The van der Waals surface area contributed by atoms with E-state index in [0.717, 1.165) is 27.7 Å². The van der Waals surface area contributed by atoms with E-state index in [9.17, 15) is 87.2 Å². The molecule has 0 aromatic carbocycles. The molecule has 0 aromatic heterocycles. The van der Waals surface area contributed by atoms with Crippen LogP contribution >= 0.6 is 0 Å². The second kappa shape index (κ2) is 46.7. The first-order chi connectivity index (χ1) is 53.3. The molecule has 16 N–H and O–H groups in total. The molecule has 11 atom stereocenters. The van der Waals surface area contributed by atoms with Gasteiger partial charge < -0.3 is 98.8 Å². The Morgan fingerprint density at radius 2 is 0.803 bits per heavy atom. The number of hydrogen-bond acceptors (Lipinski definition) is 21. The van der Waals surface area contributed by atoms with Crippen LogP contribution in [0.3, 0.4) is 0 Å². The smallest absolute Gasteiger partial charge is 0.421 e. The fourth-order valence-electron chi connectivity index (χ4n) is 11.1. The maximum absolute atomic E-state index is 14.8. The van der Waals surface area contributed by atoms with E-state index in [1.54, 1.807) is 111 Å². The van der Waals surface area contributed by atoms with E-state index < -0.39 is 207 Å². The van der Waals surface area contributed by atoms with Crippen LogP contribution in [0.25, 0.3) is 0 Å². The fraction of sp³-hybridized carbons (Fsp3) is 0.720. The molecule has 0 rings (SSSR count). The van der Waals surface area contributed by atoms with Gasteiger partial charge in [0.15, 0.2) is 0 Å². The Bertz CT molecular complexity index is 3670. The number of alkyl carbamates (subject to hydrolysis) is 1. The largest absolute Gasteiger partial charge is 0.444 e.